The van der Waals surface area contributed by atoms with Crippen LogP contribution in [0, 0.1) is 5.41 Å². The minimum Gasteiger partial charge on any atom is -0.481 e. The third kappa shape index (κ3) is 6.12. The minimum absolute atomic E-state index is 0. The van der Waals surface area contributed by atoms with Gasteiger partial charge in [-0.1, -0.05) is 41.5 Å². The van der Waals surface area contributed by atoms with E-state index < -0.39 is 25.8 Å². The monoisotopic (exact) mass is 336 g/mol. The Morgan fingerprint density at radius 2 is 1.57 bits per heavy atom. The summed E-state index contributed by atoms with van der Waals surface area (Å²) in [4.78, 5) is 23.3. The number of rotatable bonds is 7. The summed E-state index contributed by atoms with van der Waals surface area (Å²) >= 11 is 0. The highest BCUT2D eigenvalue weighted by Crippen LogP contribution is 2.40. The van der Waals surface area contributed by atoms with Crippen molar-refractivity contribution in [3.8, 4) is 0 Å². The van der Waals surface area contributed by atoms with Crippen LogP contribution < -0.4 is 0 Å². The molecule has 0 spiro atoms. The van der Waals surface area contributed by atoms with E-state index in [0.717, 1.165) is 0 Å². The highest BCUT2D eigenvalue weighted by Gasteiger charge is 2.45. The molecule has 0 radical (unpaired) electrons. The van der Waals surface area contributed by atoms with Crippen LogP contribution in [0.25, 0.3) is 0 Å². The normalized spacial score (nSPS) is 14.3. The lowest BCUT2D eigenvalue weighted by atomic mass is 9.79. The fraction of sp³-hybridized carbons (Fsp3) is 0.867. The summed E-state index contributed by atoms with van der Waals surface area (Å²) < 4.78 is 6.24. The summed E-state index contributed by atoms with van der Waals surface area (Å²) in [5, 5.41) is 9.11. The Morgan fingerprint density at radius 3 is 1.86 bits per heavy atom. The fourth-order valence-electron chi connectivity index (χ4n) is 1.77. The first kappa shape index (κ1) is 22.9. The van der Waals surface area contributed by atoms with E-state index in [1.807, 2.05) is 0 Å². The van der Waals surface area contributed by atoms with E-state index in [1.54, 1.807) is 20.8 Å². The van der Waals surface area contributed by atoms with Crippen LogP contribution in [0.5, 0.6) is 0 Å². The molecule has 4 nitrogen and oxygen atoms in total. The Bertz CT molecular complexity index is 372. The number of Topliss-reactive ketones (excluding diaryl/α,β-unsaturated/α-hetero) is 1. The molecule has 0 aromatic carbocycles. The van der Waals surface area contributed by atoms with Crippen molar-refractivity contribution in [2.24, 2.45) is 5.41 Å². The van der Waals surface area contributed by atoms with Crippen LogP contribution in [0.4, 0.5) is 0 Å². The SMILES string of the molecule is CCC(=O)C(C)(C)[C@H](CC(=O)O)O[Si](C)(C)C(C)(C)C.S. The lowest BCUT2D eigenvalue weighted by Gasteiger charge is -2.43. The van der Waals surface area contributed by atoms with Crippen molar-refractivity contribution in [1.82, 2.24) is 0 Å². The molecule has 0 aliphatic carbocycles. The summed E-state index contributed by atoms with van der Waals surface area (Å²) in [5.41, 5.74) is -0.775. The van der Waals surface area contributed by atoms with Crippen LogP contribution in [0.3, 0.4) is 0 Å². The van der Waals surface area contributed by atoms with E-state index in [0.29, 0.717) is 6.42 Å². The molecular weight excluding hydrogens is 304 g/mol. The first-order valence-corrected chi connectivity index (χ1v) is 10.1. The van der Waals surface area contributed by atoms with Crippen molar-refractivity contribution >= 4 is 33.6 Å². The quantitative estimate of drug-likeness (QED) is 0.715. The van der Waals surface area contributed by atoms with E-state index in [4.69, 9.17) is 9.53 Å². The molecule has 6 heteroatoms. The molecule has 126 valence electrons. The van der Waals surface area contributed by atoms with E-state index in [1.165, 1.54) is 0 Å². The molecular formula is C15H32O4SSi. The number of aliphatic carboxylic acids is 1. The Morgan fingerprint density at radius 1 is 1.14 bits per heavy atom. The van der Waals surface area contributed by atoms with Crippen molar-refractivity contribution in [2.75, 3.05) is 0 Å². The van der Waals surface area contributed by atoms with E-state index in [9.17, 15) is 9.59 Å². The van der Waals surface area contributed by atoms with Crippen molar-refractivity contribution in [3.05, 3.63) is 0 Å². The number of hydrogen-bond donors (Lipinski definition) is 1. The predicted molar refractivity (Wildman–Crippen MR) is 93.8 cm³/mol. The van der Waals surface area contributed by atoms with Crippen LogP contribution >= 0.6 is 13.5 Å². The number of carboxylic acids is 1. The molecule has 1 atom stereocenters. The van der Waals surface area contributed by atoms with Gasteiger partial charge in [-0.15, -0.1) is 0 Å². The number of carbonyl (C=O) groups excluding carboxylic acids is 1. The third-order valence-electron chi connectivity index (χ3n) is 4.45. The minimum atomic E-state index is -2.12. The molecule has 0 aliphatic heterocycles. The second kappa shape index (κ2) is 7.79. The largest absolute Gasteiger partial charge is 0.481 e. The molecule has 0 unspecified atom stereocenters. The lowest BCUT2D eigenvalue weighted by molar-refractivity contribution is -0.143. The van der Waals surface area contributed by atoms with Gasteiger partial charge in [0.15, 0.2) is 8.32 Å². The number of carbonyl (C=O) groups is 2. The van der Waals surface area contributed by atoms with Gasteiger partial charge in [-0.05, 0) is 18.1 Å². The van der Waals surface area contributed by atoms with Gasteiger partial charge in [0.05, 0.1) is 12.5 Å². The van der Waals surface area contributed by atoms with Gasteiger partial charge >= 0.3 is 5.97 Å². The Kier molecular flexibility index (Phi) is 8.51. The van der Waals surface area contributed by atoms with Gasteiger partial charge in [0.1, 0.15) is 5.78 Å². The second-order valence-corrected chi connectivity index (χ2v) is 12.2. The van der Waals surface area contributed by atoms with E-state index in [-0.39, 0.29) is 30.7 Å². The highest BCUT2D eigenvalue weighted by molar-refractivity contribution is 7.59. The smallest absolute Gasteiger partial charge is 0.305 e. The average Bonchev–Trinajstić information content (AvgIpc) is 2.24. The summed E-state index contributed by atoms with van der Waals surface area (Å²) in [7, 11) is -2.12. The van der Waals surface area contributed by atoms with Gasteiger partial charge in [-0.25, -0.2) is 0 Å². The van der Waals surface area contributed by atoms with E-state index in [2.05, 4.69) is 33.9 Å². The van der Waals surface area contributed by atoms with Gasteiger partial charge in [0.2, 0.25) is 0 Å². The second-order valence-electron chi connectivity index (χ2n) is 7.46. The summed E-state index contributed by atoms with van der Waals surface area (Å²) in [5.74, 6) is -0.881. The van der Waals surface area contributed by atoms with Gasteiger partial charge < -0.3 is 9.53 Å². The van der Waals surface area contributed by atoms with Crippen LogP contribution in [0.15, 0.2) is 0 Å². The zero-order valence-electron chi connectivity index (χ0n) is 14.7. The Labute approximate surface area is 137 Å². The predicted octanol–water partition coefficient (Wildman–Crippen LogP) is 3.97. The molecule has 0 fully saturated rings. The van der Waals surface area contributed by atoms with Gasteiger partial charge in [-0.3, -0.25) is 9.59 Å². The van der Waals surface area contributed by atoms with E-state index >= 15 is 0 Å². The Hall–Kier alpha value is -0.333. The molecule has 0 amide bonds. The molecule has 21 heavy (non-hydrogen) atoms. The summed E-state index contributed by atoms with van der Waals surface area (Å²) in [6.45, 7) is 15.8. The maximum absolute atomic E-state index is 12.1. The number of ketones is 1. The average molecular weight is 337 g/mol. The van der Waals surface area contributed by atoms with Crippen molar-refractivity contribution in [3.63, 3.8) is 0 Å². The van der Waals surface area contributed by atoms with Crippen LogP contribution in [-0.2, 0) is 14.0 Å². The van der Waals surface area contributed by atoms with Gasteiger partial charge in [-0.2, -0.15) is 13.5 Å². The first-order valence-electron chi connectivity index (χ1n) is 7.18. The maximum atomic E-state index is 12.1. The van der Waals surface area contributed by atoms with Crippen LogP contribution in [0.1, 0.15) is 54.4 Å². The molecule has 1 N–H and O–H groups in total. The van der Waals surface area contributed by atoms with Crippen LogP contribution in [0.2, 0.25) is 18.1 Å². The highest BCUT2D eigenvalue weighted by atomic mass is 32.1. The topological polar surface area (TPSA) is 63.6 Å². The lowest BCUT2D eigenvalue weighted by Crippen LogP contribution is -2.50. The van der Waals surface area contributed by atoms with Gasteiger partial charge in [0.25, 0.3) is 0 Å². The van der Waals surface area contributed by atoms with Gasteiger partial charge in [0, 0.05) is 11.8 Å². The molecule has 0 rings (SSSR count). The molecule has 0 aromatic heterocycles. The number of hydrogen-bond acceptors (Lipinski definition) is 3. The maximum Gasteiger partial charge on any atom is 0.305 e. The zero-order chi connectivity index (χ0) is 16.4. The van der Waals surface area contributed by atoms with Crippen LogP contribution in [-0.4, -0.2) is 31.3 Å². The molecule has 0 bridgehead atoms. The zero-order valence-corrected chi connectivity index (χ0v) is 16.7. The van der Waals surface area contributed by atoms with Crippen molar-refractivity contribution in [1.29, 1.82) is 0 Å². The Balaban J connectivity index is 0. The molecule has 0 aromatic rings. The standard InChI is InChI=1S/C15H30O4Si.H2S/c1-9-11(16)15(5,6)12(10-13(17)18)19-20(7,8)14(2,3)4;/h12H,9-10H2,1-8H3,(H,17,18);1H2/t12-;/m0./s1. The summed E-state index contributed by atoms with van der Waals surface area (Å²) in [6, 6.07) is 0. The van der Waals surface area contributed by atoms with Crippen molar-refractivity contribution in [2.45, 2.75) is 78.6 Å². The molecule has 0 heterocycles. The molecule has 0 saturated carbocycles. The van der Waals surface area contributed by atoms with Crippen molar-refractivity contribution < 1.29 is 19.1 Å². The fourth-order valence-corrected chi connectivity index (χ4v) is 3.21. The molecule has 0 aliphatic rings. The number of carboxylic acid groups (broad SMARTS) is 1. The molecule has 0 saturated heterocycles. The third-order valence-corrected chi connectivity index (χ3v) is 8.93. The summed E-state index contributed by atoms with van der Waals surface area (Å²) in [6.07, 6.45) is -0.316. The first-order chi connectivity index (χ1) is 8.75.